The fraction of sp³-hybridized carbons (Fsp3) is 0.143. The Morgan fingerprint density at radius 3 is 2.81 bits per heavy atom. The molecule has 0 saturated carbocycles. The lowest BCUT2D eigenvalue weighted by Gasteiger charge is -2.06. The molecule has 0 saturated heterocycles. The molecule has 2 aromatic carbocycles. The van der Waals surface area contributed by atoms with Crippen LogP contribution in [0.25, 0.3) is 11.3 Å². The first-order valence-electron chi connectivity index (χ1n) is 9.40. The van der Waals surface area contributed by atoms with Gasteiger partial charge in [0.05, 0.1) is 18.0 Å². The van der Waals surface area contributed by atoms with Crippen molar-refractivity contribution in [1.82, 2.24) is 19.7 Å². The molecule has 0 atom stereocenters. The van der Waals surface area contributed by atoms with E-state index in [2.05, 4.69) is 25.8 Å². The van der Waals surface area contributed by atoms with Crippen molar-refractivity contribution in [1.29, 1.82) is 0 Å². The molecule has 4 rings (SSSR count). The fourth-order valence-corrected chi connectivity index (χ4v) is 4.22. The van der Waals surface area contributed by atoms with E-state index < -0.39 is 5.82 Å². The topological polar surface area (TPSA) is 84.7 Å². The Labute approximate surface area is 186 Å². The molecule has 0 fully saturated rings. The van der Waals surface area contributed by atoms with E-state index in [-0.39, 0.29) is 11.7 Å². The first-order chi connectivity index (χ1) is 15.1. The molecule has 0 aliphatic heterocycles. The summed E-state index contributed by atoms with van der Waals surface area (Å²) < 4.78 is 15.1. The highest BCUT2D eigenvalue weighted by Crippen LogP contribution is 2.25. The largest absolute Gasteiger partial charge is 0.354 e. The van der Waals surface area contributed by atoms with Crippen LogP contribution in [-0.2, 0) is 18.4 Å². The minimum Gasteiger partial charge on any atom is -0.354 e. The predicted molar refractivity (Wildman–Crippen MR) is 122 cm³/mol. The van der Waals surface area contributed by atoms with Gasteiger partial charge < -0.3 is 15.2 Å². The average molecular weight is 455 g/mol. The number of nitrogens with one attached hydrogen (secondary N) is 2. The number of rotatable bonds is 8. The molecule has 0 spiro atoms. The van der Waals surface area contributed by atoms with Crippen LogP contribution in [0.1, 0.15) is 5.82 Å². The Morgan fingerprint density at radius 2 is 2.00 bits per heavy atom. The van der Waals surface area contributed by atoms with Gasteiger partial charge in [-0.3, -0.25) is 4.79 Å². The lowest BCUT2D eigenvalue weighted by Crippen LogP contribution is -2.14. The third-order valence-electron chi connectivity index (χ3n) is 4.34. The van der Waals surface area contributed by atoms with Crippen molar-refractivity contribution in [2.24, 2.45) is 7.05 Å². The van der Waals surface area contributed by atoms with Crippen molar-refractivity contribution in [2.45, 2.75) is 11.7 Å². The quantitative estimate of drug-likeness (QED) is 0.384. The number of hydrogen-bond acceptors (Lipinski definition) is 7. The molecule has 10 heteroatoms. The molecule has 2 aromatic heterocycles. The number of hydrogen-bond donors (Lipinski definition) is 2. The van der Waals surface area contributed by atoms with Crippen molar-refractivity contribution in [3.63, 3.8) is 0 Å². The van der Waals surface area contributed by atoms with Crippen LogP contribution >= 0.6 is 23.1 Å². The third kappa shape index (κ3) is 5.47. The standard InChI is InChI=1S/C21H19FN6OS2/c1-28-18(11-23-20-25-17(12-30-20)14-6-3-2-4-7-14)26-27-21(28)31-13-19(29)24-16-9-5-8-15(22)10-16/h2-10,12H,11,13H2,1H3,(H,23,25)(H,24,29). The molecule has 158 valence electrons. The molecule has 0 aliphatic carbocycles. The van der Waals surface area contributed by atoms with E-state index in [0.717, 1.165) is 22.2 Å². The highest BCUT2D eigenvalue weighted by atomic mass is 32.2. The van der Waals surface area contributed by atoms with Crippen LogP contribution in [0, 0.1) is 5.82 Å². The van der Waals surface area contributed by atoms with Crippen molar-refractivity contribution in [3.05, 3.63) is 71.6 Å². The zero-order valence-electron chi connectivity index (χ0n) is 16.6. The maximum Gasteiger partial charge on any atom is 0.234 e. The summed E-state index contributed by atoms with van der Waals surface area (Å²) >= 11 is 2.79. The molecule has 0 radical (unpaired) electrons. The van der Waals surface area contributed by atoms with Crippen molar-refractivity contribution < 1.29 is 9.18 Å². The minimum atomic E-state index is -0.396. The maximum atomic E-state index is 13.2. The second kappa shape index (κ2) is 9.71. The van der Waals surface area contributed by atoms with Crippen LogP contribution in [0.15, 0.2) is 65.1 Å². The Hall–Kier alpha value is -3.24. The van der Waals surface area contributed by atoms with Gasteiger partial charge in [0.1, 0.15) is 5.82 Å². The smallest absolute Gasteiger partial charge is 0.234 e. The number of nitrogens with zero attached hydrogens (tertiary/aromatic N) is 4. The molecule has 31 heavy (non-hydrogen) atoms. The second-order valence-corrected chi connectivity index (χ2v) is 8.36. The van der Waals surface area contributed by atoms with Crippen LogP contribution in [0.4, 0.5) is 15.2 Å². The van der Waals surface area contributed by atoms with Gasteiger partial charge in [-0.1, -0.05) is 48.2 Å². The van der Waals surface area contributed by atoms with E-state index in [9.17, 15) is 9.18 Å². The Bertz CT molecular complexity index is 1180. The summed E-state index contributed by atoms with van der Waals surface area (Å²) in [6.45, 7) is 0.460. The Balaban J connectivity index is 1.30. The van der Waals surface area contributed by atoms with E-state index in [1.165, 1.54) is 35.2 Å². The van der Waals surface area contributed by atoms with Gasteiger partial charge >= 0.3 is 0 Å². The molecule has 2 N–H and O–H groups in total. The van der Waals surface area contributed by atoms with E-state index in [1.807, 2.05) is 47.3 Å². The predicted octanol–water partition coefficient (Wildman–Crippen LogP) is 4.42. The van der Waals surface area contributed by atoms with Gasteiger partial charge in [-0.05, 0) is 18.2 Å². The maximum absolute atomic E-state index is 13.2. The molecule has 4 aromatic rings. The molecular formula is C21H19FN6OS2. The number of thioether (sulfide) groups is 1. The second-order valence-electron chi connectivity index (χ2n) is 6.56. The van der Waals surface area contributed by atoms with Crippen molar-refractivity contribution >= 4 is 39.8 Å². The van der Waals surface area contributed by atoms with Gasteiger partial charge in [-0.2, -0.15) is 0 Å². The summed E-state index contributed by atoms with van der Waals surface area (Å²) in [5, 5.41) is 17.7. The molecule has 1 amide bonds. The van der Waals surface area contributed by atoms with Crippen LogP contribution < -0.4 is 10.6 Å². The number of carbonyl (C=O) groups excluding carboxylic acids is 1. The third-order valence-corrected chi connectivity index (χ3v) is 6.16. The number of anilines is 2. The molecule has 0 unspecified atom stereocenters. The van der Waals surface area contributed by atoms with Crippen LogP contribution in [0.3, 0.4) is 0 Å². The summed E-state index contributed by atoms with van der Waals surface area (Å²) in [5.41, 5.74) is 2.42. The summed E-state index contributed by atoms with van der Waals surface area (Å²) in [6.07, 6.45) is 0. The minimum absolute atomic E-state index is 0.142. The van der Waals surface area contributed by atoms with E-state index in [0.29, 0.717) is 17.4 Å². The number of thiazole rings is 1. The lowest BCUT2D eigenvalue weighted by atomic mass is 10.2. The monoisotopic (exact) mass is 454 g/mol. The van der Waals surface area contributed by atoms with Crippen molar-refractivity contribution in [3.8, 4) is 11.3 Å². The van der Waals surface area contributed by atoms with Gasteiger partial charge in [0.15, 0.2) is 16.1 Å². The van der Waals surface area contributed by atoms with Gasteiger partial charge in [-0.15, -0.1) is 21.5 Å². The zero-order chi connectivity index (χ0) is 21.6. The van der Waals surface area contributed by atoms with Crippen LogP contribution in [0.2, 0.25) is 0 Å². The van der Waals surface area contributed by atoms with Crippen molar-refractivity contribution in [2.75, 3.05) is 16.4 Å². The van der Waals surface area contributed by atoms with E-state index in [4.69, 9.17) is 0 Å². The molecule has 7 nitrogen and oxygen atoms in total. The summed E-state index contributed by atoms with van der Waals surface area (Å²) in [5.74, 6) is 0.231. The SMILES string of the molecule is Cn1c(CNc2nc(-c3ccccc3)cs2)nnc1SCC(=O)Nc1cccc(F)c1. The number of halogens is 1. The first-order valence-corrected chi connectivity index (χ1v) is 11.3. The van der Waals surface area contributed by atoms with Gasteiger partial charge in [-0.25, -0.2) is 9.37 Å². The Morgan fingerprint density at radius 1 is 1.16 bits per heavy atom. The molecule has 2 heterocycles. The molecular weight excluding hydrogens is 435 g/mol. The van der Waals surface area contributed by atoms with Gasteiger partial charge in [0.2, 0.25) is 5.91 Å². The number of amides is 1. The summed E-state index contributed by atoms with van der Waals surface area (Å²) in [7, 11) is 1.85. The summed E-state index contributed by atoms with van der Waals surface area (Å²) in [6, 6.07) is 15.8. The molecule has 0 bridgehead atoms. The normalized spacial score (nSPS) is 10.8. The number of benzene rings is 2. The Kier molecular flexibility index (Phi) is 6.58. The van der Waals surface area contributed by atoms with E-state index in [1.54, 1.807) is 12.1 Å². The van der Waals surface area contributed by atoms with Gasteiger partial charge in [0, 0.05) is 23.7 Å². The first kappa shape index (κ1) is 21.0. The zero-order valence-corrected chi connectivity index (χ0v) is 18.2. The van der Waals surface area contributed by atoms with E-state index >= 15 is 0 Å². The van der Waals surface area contributed by atoms with Crippen LogP contribution in [0.5, 0.6) is 0 Å². The average Bonchev–Trinajstić information content (AvgIpc) is 3.38. The number of aromatic nitrogens is 4. The lowest BCUT2D eigenvalue weighted by molar-refractivity contribution is -0.113. The number of carbonyl (C=O) groups is 1. The van der Waals surface area contributed by atoms with Crippen LogP contribution in [-0.4, -0.2) is 31.4 Å². The molecule has 0 aliphatic rings. The highest BCUT2D eigenvalue weighted by molar-refractivity contribution is 7.99. The van der Waals surface area contributed by atoms with Gasteiger partial charge in [0.25, 0.3) is 0 Å². The fourth-order valence-electron chi connectivity index (χ4n) is 2.77. The summed E-state index contributed by atoms with van der Waals surface area (Å²) in [4.78, 5) is 16.7. The highest BCUT2D eigenvalue weighted by Gasteiger charge is 2.12.